The summed E-state index contributed by atoms with van der Waals surface area (Å²) in [6.07, 6.45) is 0. The fourth-order valence-electron chi connectivity index (χ4n) is 0.856. The highest BCUT2D eigenvalue weighted by Gasteiger charge is 2.19. The van der Waals surface area contributed by atoms with E-state index in [-0.39, 0.29) is 6.54 Å². The Labute approximate surface area is 92.8 Å². The Morgan fingerprint density at radius 2 is 2.40 bits per heavy atom. The quantitative estimate of drug-likeness (QED) is 0.849. The van der Waals surface area contributed by atoms with Crippen molar-refractivity contribution in [1.29, 1.82) is 5.26 Å². The largest absolute Gasteiger partial charge is 0.250 e. The summed E-state index contributed by atoms with van der Waals surface area (Å²) in [5.41, 5.74) is 2.47. The van der Waals surface area contributed by atoms with Crippen LogP contribution in [0.4, 0.5) is 0 Å². The summed E-state index contributed by atoms with van der Waals surface area (Å²) in [7, 11) is -3.54. The van der Waals surface area contributed by atoms with E-state index in [0.717, 1.165) is 10.6 Å². The van der Waals surface area contributed by atoms with Gasteiger partial charge in [-0.25, -0.2) is 18.1 Å². The second-order valence-corrected chi connectivity index (χ2v) is 6.02. The van der Waals surface area contributed by atoms with Crippen LogP contribution in [0.5, 0.6) is 0 Å². The van der Waals surface area contributed by atoms with Gasteiger partial charge in [-0.05, 0) is 13.8 Å². The molecule has 0 aliphatic heterocycles. The molecule has 0 spiro atoms. The van der Waals surface area contributed by atoms with Crippen molar-refractivity contribution in [3.63, 3.8) is 0 Å². The van der Waals surface area contributed by atoms with E-state index in [2.05, 4.69) is 9.71 Å². The Morgan fingerprint density at radius 1 is 1.73 bits per heavy atom. The first-order valence-electron chi connectivity index (χ1n) is 4.24. The molecule has 1 rings (SSSR count). The van der Waals surface area contributed by atoms with Crippen molar-refractivity contribution >= 4 is 21.4 Å². The van der Waals surface area contributed by atoms with Crippen molar-refractivity contribution in [3.8, 4) is 6.07 Å². The average molecular weight is 245 g/mol. The van der Waals surface area contributed by atoms with Crippen LogP contribution in [0.15, 0.2) is 5.51 Å². The Bertz CT molecular complexity index is 472. The molecule has 0 aliphatic carbocycles. The lowest BCUT2D eigenvalue weighted by Gasteiger charge is -2.06. The maximum absolute atomic E-state index is 11.4. The molecule has 15 heavy (non-hydrogen) atoms. The number of nitrogens with one attached hydrogen (secondary N) is 1. The summed E-state index contributed by atoms with van der Waals surface area (Å²) >= 11 is 1.39. The van der Waals surface area contributed by atoms with Gasteiger partial charge in [0.25, 0.3) is 0 Å². The molecule has 0 amide bonds. The zero-order valence-electron chi connectivity index (χ0n) is 8.39. The Kier molecular flexibility index (Phi) is 3.79. The maximum Gasteiger partial charge on any atom is 0.228 e. The van der Waals surface area contributed by atoms with Crippen LogP contribution in [0.1, 0.15) is 17.5 Å². The van der Waals surface area contributed by atoms with Crippen LogP contribution < -0.4 is 4.72 Å². The Balaban J connectivity index is 2.67. The van der Waals surface area contributed by atoms with Gasteiger partial charge in [0.05, 0.1) is 17.3 Å². The number of nitrogens with zero attached hydrogens (tertiary/aromatic N) is 2. The number of hydrogen-bond donors (Lipinski definition) is 1. The van der Waals surface area contributed by atoms with Gasteiger partial charge in [0.15, 0.2) is 5.25 Å². The summed E-state index contributed by atoms with van der Waals surface area (Å²) < 4.78 is 25.2. The van der Waals surface area contributed by atoms with Gasteiger partial charge < -0.3 is 0 Å². The van der Waals surface area contributed by atoms with Crippen LogP contribution >= 0.6 is 11.3 Å². The van der Waals surface area contributed by atoms with Gasteiger partial charge in [-0.2, -0.15) is 5.26 Å². The molecule has 0 saturated carbocycles. The lowest BCUT2D eigenvalue weighted by molar-refractivity contribution is 0.577. The third-order valence-corrected chi connectivity index (χ3v) is 4.44. The Hall–Kier alpha value is -0.970. The first kappa shape index (κ1) is 12.1. The maximum atomic E-state index is 11.4. The fraction of sp³-hybridized carbons (Fsp3) is 0.500. The van der Waals surface area contributed by atoms with Gasteiger partial charge in [-0.1, -0.05) is 0 Å². The lowest BCUT2D eigenvalue weighted by atomic mass is 10.4. The second kappa shape index (κ2) is 4.70. The van der Waals surface area contributed by atoms with Crippen LogP contribution in [-0.2, 0) is 16.6 Å². The highest BCUT2D eigenvalue weighted by molar-refractivity contribution is 7.90. The van der Waals surface area contributed by atoms with Crippen molar-refractivity contribution in [2.24, 2.45) is 0 Å². The first-order chi connectivity index (χ1) is 6.97. The molecule has 0 radical (unpaired) electrons. The standard InChI is InChI=1S/C8H11N3O2S2/c1-6(3-9)15(12,13)11-4-8-7(2)10-5-14-8/h5-6,11H,4H2,1-2H3. The summed E-state index contributed by atoms with van der Waals surface area (Å²) in [6.45, 7) is 3.36. The van der Waals surface area contributed by atoms with Gasteiger partial charge in [-0.3, -0.25) is 0 Å². The molecule has 7 heteroatoms. The van der Waals surface area contributed by atoms with Crippen molar-refractivity contribution in [1.82, 2.24) is 9.71 Å². The monoisotopic (exact) mass is 245 g/mol. The molecule has 1 atom stereocenters. The van der Waals surface area contributed by atoms with E-state index in [4.69, 9.17) is 5.26 Å². The highest BCUT2D eigenvalue weighted by Crippen LogP contribution is 2.12. The second-order valence-electron chi connectivity index (χ2n) is 3.00. The molecule has 0 bridgehead atoms. The molecule has 0 fully saturated rings. The molecule has 1 heterocycles. The predicted molar refractivity (Wildman–Crippen MR) is 57.7 cm³/mol. The predicted octanol–water partition coefficient (Wildman–Crippen LogP) is 0.783. The third kappa shape index (κ3) is 2.99. The van der Waals surface area contributed by atoms with Crippen molar-refractivity contribution < 1.29 is 8.42 Å². The van der Waals surface area contributed by atoms with Gasteiger partial charge in [0.1, 0.15) is 0 Å². The smallest absolute Gasteiger partial charge is 0.228 e. The summed E-state index contributed by atoms with van der Waals surface area (Å²) in [5, 5.41) is 7.47. The van der Waals surface area contributed by atoms with Crippen molar-refractivity contribution in [2.75, 3.05) is 0 Å². The lowest BCUT2D eigenvalue weighted by Crippen LogP contribution is -2.31. The topological polar surface area (TPSA) is 82.8 Å². The summed E-state index contributed by atoms with van der Waals surface area (Å²) in [6, 6.07) is 1.69. The van der Waals surface area contributed by atoms with Crippen LogP contribution in [0, 0.1) is 18.3 Å². The number of rotatable bonds is 4. The normalized spacial score (nSPS) is 13.4. The molecular formula is C8H11N3O2S2. The molecule has 0 aromatic carbocycles. The van der Waals surface area contributed by atoms with Crippen LogP contribution in [-0.4, -0.2) is 18.7 Å². The molecule has 1 N–H and O–H groups in total. The number of aromatic nitrogens is 1. The van der Waals surface area contributed by atoms with E-state index in [0.29, 0.717) is 0 Å². The SMILES string of the molecule is Cc1ncsc1CNS(=O)(=O)C(C)C#N. The summed E-state index contributed by atoms with van der Waals surface area (Å²) in [4.78, 5) is 4.87. The van der Waals surface area contributed by atoms with E-state index in [1.807, 2.05) is 6.92 Å². The Morgan fingerprint density at radius 3 is 2.87 bits per heavy atom. The summed E-state index contributed by atoms with van der Waals surface area (Å²) in [5.74, 6) is 0. The van der Waals surface area contributed by atoms with E-state index in [9.17, 15) is 8.42 Å². The minimum absolute atomic E-state index is 0.199. The molecular weight excluding hydrogens is 234 g/mol. The molecule has 1 aromatic heterocycles. The van der Waals surface area contributed by atoms with Gasteiger partial charge in [0, 0.05) is 11.4 Å². The number of aryl methyl sites for hydroxylation is 1. The van der Waals surface area contributed by atoms with E-state index in [1.54, 1.807) is 11.6 Å². The zero-order chi connectivity index (χ0) is 11.5. The van der Waals surface area contributed by atoms with Gasteiger partial charge >= 0.3 is 0 Å². The van der Waals surface area contributed by atoms with E-state index >= 15 is 0 Å². The number of nitriles is 1. The first-order valence-corrected chi connectivity index (χ1v) is 6.67. The molecule has 5 nitrogen and oxygen atoms in total. The van der Waals surface area contributed by atoms with Crippen LogP contribution in [0.2, 0.25) is 0 Å². The fourth-order valence-corrected chi connectivity index (χ4v) is 2.40. The minimum atomic E-state index is -3.54. The number of thiazole rings is 1. The van der Waals surface area contributed by atoms with E-state index in [1.165, 1.54) is 18.3 Å². The van der Waals surface area contributed by atoms with Crippen LogP contribution in [0.3, 0.4) is 0 Å². The third-order valence-electron chi connectivity index (χ3n) is 1.93. The van der Waals surface area contributed by atoms with E-state index < -0.39 is 15.3 Å². The van der Waals surface area contributed by atoms with Crippen molar-refractivity contribution in [3.05, 3.63) is 16.1 Å². The average Bonchev–Trinajstić information content (AvgIpc) is 2.60. The zero-order valence-corrected chi connectivity index (χ0v) is 10.0. The molecule has 0 aliphatic rings. The molecule has 1 aromatic rings. The number of sulfonamides is 1. The van der Waals surface area contributed by atoms with Crippen molar-refractivity contribution in [2.45, 2.75) is 25.6 Å². The van der Waals surface area contributed by atoms with Gasteiger partial charge in [-0.15, -0.1) is 11.3 Å². The minimum Gasteiger partial charge on any atom is -0.250 e. The number of hydrogen-bond acceptors (Lipinski definition) is 5. The molecule has 82 valence electrons. The van der Waals surface area contributed by atoms with Gasteiger partial charge in [0.2, 0.25) is 10.0 Å². The highest BCUT2D eigenvalue weighted by atomic mass is 32.2. The van der Waals surface area contributed by atoms with Crippen LogP contribution in [0.25, 0.3) is 0 Å². The molecule has 0 saturated heterocycles. The molecule has 1 unspecified atom stereocenters.